The van der Waals surface area contributed by atoms with Gasteiger partial charge in [-0.1, -0.05) is 6.07 Å². The molecule has 0 N–H and O–H groups in total. The van der Waals surface area contributed by atoms with Gasteiger partial charge in [-0.2, -0.15) is 0 Å². The molecule has 2 fully saturated rings. The van der Waals surface area contributed by atoms with Crippen LogP contribution in [0.1, 0.15) is 42.5 Å². The number of Topliss-reactive ketones (excluding diaryl/α,β-unsaturated/α-hetero) is 1. The first-order valence-corrected chi connectivity index (χ1v) is 8.90. The second kappa shape index (κ2) is 7.76. The highest BCUT2D eigenvalue weighted by molar-refractivity contribution is 5.94. The zero-order chi connectivity index (χ0) is 17.8. The Morgan fingerprint density at radius 1 is 1.00 bits per heavy atom. The Bertz CT molecular complexity index is 666. The van der Waals surface area contributed by atoms with Gasteiger partial charge >= 0.3 is 0 Å². The fourth-order valence-electron chi connectivity index (χ4n) is 3.59. The second-order valence-corrected chi connectivity index (χ2v) is 6.79. The molecule has 25 heavy (non-hydrogen) atoms. The molecule has 0 atom stereocenters. The lowest BCUT2D eigenvalue weighted by Gasteiger charge is -2.28. The van der Waals surface area contributed by atoms with Crippen molar-refractivity contribution >= 4 is 17.6 Å². The molecule has 0 unspecified atom stereocenters. The molecule has 0 aromatic heterocycles. The molecule has 1 aromatic carbocycles. The first-order valence-electron chi connectivity index (χ1n) is 8.90. The molecule has 1 heterocycles. The van der Waals surface area contributed by atoms with Gasteiger partial charge in [-0.25, -0.2) is 4.39 Å². The third kappa shape index (κ3) is 4.24. The summed E-state index contributed by atoms with van der Waals surface area (Å²) in [6.45, 7) is 2.12. The van der Waals surface area contributed by atoms with Gasteiger partial charge in [0.25, 0.3) is 5.91 Å². The number of nitrogens with zero attached hydrogens (tertiary/aromatic N) is 2. The fraction of sp³-hybridized carbons (Fsp3) is 0.526. The van der Waals surface area contributed by atoms with E-state index >= 15 is 0 Å². The molecule has 0 radical (unpaired) electrons. The van der Waals surface area contributed by atoms with E-state index in [4.69, 9.17) is 0 Å². The standard InChI is InChI=1S/C19H23FN2O3/c20-16-4-1-3-15(13-16)19(25)22-10-2-9-21(11-12-22)18(24)14-5-7-17(23)8-6-14/h1,3-4,13-14H,2,5-12H2. The highest BCUT2D eigenvalue weighted by Gasteiger charge is 2.30. The summed E-state index contributed by atoms with van der Waals surface area (Å²) in [7, 11) is 0. The SMILES string of the molecule is O=C1CCC(C(=O)N2CCCN(C(=O)c3cccc(F)c3)CC2)CC1. The van der Waals surface area contributed by atoms with Gasteiger partial charge in [0.15, 0.2) is 0 Å². The summed E-state index contributed by atoms with van der Waals surface area (Å²) in [5.41, 5.74) is 0.338. The van der Waals surface area contributed by atoms with Crippen LogP contribution in [0.3, 0.4) is 0 Å². The van der Waals surface area contributed by atoms with E-state index in [1.165, 1.54) is 18.2 Å². The van der Waals surface area contributed by atoms with E-state index in [1.807, 2.05) is 4.90 Å². The second-order valence-electron chi connectivity index (χ2n) is 6.79. The van der Waals surface area contributed by atoms with Crippen molar-refractivity contribution in [2.24, 2.45) is 5.92 Å². The first-order chi connectivity index (χ1) is 12.0. The van der Waals surface area contributed by atoms with Crippen molar-refractivity contribution in [1.82, 2.24) is 9.80 Å². The molecular weight excluding hydrogens is 323 g/mol. The van der Waals surface area contributed by atoms with Crippen LogP contribution in [0.15, 0.2) is 24.3 Å². The molecule has 1 saturated heterocycles. The molecule has 1 aliphatic carbocycles. The van der Waals surface area contributed by atoms with Crippen LogP contribution in [-0.4, -0.2) is 53.6 Å². The Morgan fingerprint density at radius 2 is 1.68 bits per heavy atom. The summed E-state index contributed by atoms with van der Waals surface area (Å²) in [6.07, 6.45) is 2.97. The van der Waals surface area contributed by atoms with E-state index in [2.05, 4.69) is 0 Å². The number of rotatable bonds is 2. The summed E-state index contributed by atoms with van der Waals surface area (Å²) in [6, 6.07) is 5.70. The van der Waals surface area contributed by atoms with Crippen LogP contribution in [-0.2, 0) is 9.59 Å². The van der Waals surface area contributed by atoms with Crippen LogP contribution in [0.25, 0.3) is 0 Å². The van der Waals surface area contributed by atoms with Crippen molar-refractivity contribution in [2.75, 3.05) is 26.2 Å². The van der Waals surface area contributed by atoms with Crippen LogP contribution in [0, 0.1) is 11.7 Å². The Hall–Kier alpha value is -2.24. The lowest BCUT2D eigenvalue weighted by atomic mass is 9.87. The summed E-state index contributed by atoms with van der Waals surface area (Å²) in [4.78, 5) is 40.1. The molecule has 1 aromatic rings. The lowest BCUT2D eigenvalue weighted by molar-refractivity contribution is -0.137. The molecule has 3 rings (SSSR count). The van der Waals surface area contributed by atoms with E-state index in [9.17, 15) is 18.8 Å². The average molecular weight is 346 g/mol. The molecule has 6 heteroatoms. The molecular formula is C19H23FN2O3. The van der Waals surface area contributed by atoms with Gasteiger partial charge in [0.2, 0.25) is 5.91 Å². The molecule has 134 valence electrons. The summed E-state index contributed by atoms with van der Waals surface area (Å²) in [5, 5.41) is 0. The van der Waals surface area contributed by atoms with Crippen LogP contribution in [0.4, 0.5) is 4.39 Å². The van der Waals surface area contributed by atoms with Crippen molar-refractivity contribution in [3.8, 4) is 0 Å². The summed E-state index contributed by atoms with van der Waals surface area (Å²) < 4.78 is 13.3. The third-order valence-electron chi connectivity index (χ3n) is 5.06. The maximum Gasteiger partial charge on any atom is 0.254 e. The van der Waals surface area contributed by atoms with E-state index in [0.717, 1.165) is 0 Å². The minimum absolute atomic E-state index is 0.0665. The normalized spacial score (nSPS) is 19.6. The van der Waals surface area contributed by atoms with Crippen molar-refractivity contribution in [3.05, 3.63) is 35.6 Å². The van der Waals surface area contributed by atoms with Crippen LogP contribution < -0.4 is 0 Å². The maximum atomic E-state index is 13.3. The van der Waals surface area contributed by atoms with Gasteiger partial charge in [0, 0.05) is 50.5 Å². The molecule has 1 saturated carbocycles. The highest BCUT2D eigenvalue weighted by Crippen LogP contribution is 2.24. The largest absolute Gasteiger partial charge is 0.341 e. The summed E-state index contributed by atoms with van der Waals surface area (Å²) in [5.74, 6) is -0.344. The van der Waals surface area contributed by atoms with Gasteiger partial charge < -0.3 is 9.80 Å². The Morgan fingerprint density at radius 3 is 2.40 bits per heavy atom. The minimum atomic E-state index is -0.427. The molecule has 2 amide bonds. The number of halogens is 1. The number of benzene rings is 1. The average Bonchev–Trinajstić information content (AvgIpc) is 2.87. The maximum absolute atomic E-state index is 13.3. The van der Waals surface area contributed by atoms with E-state index in [1.54, 1.807) is 11.0 Å². The monoisotopic (exact) mass is 346 g/mol. The Kier molecular flexibility index (Phi) is 5.46. The smallest absolute Gasteiger partial charge is 0.254 e. The molecule has 0 bridgehead atoms. The van der Waals surface area contributed by atoms with Crippen molar-refractivity contribution in [2.45, 2.75) is 32.1 Å². The van der Waals surface area contributed by atoms with Gasteiger partial charge in [0.05, 0.1) is 0 Å². The van der Waals surface area contributed by atoms with E-state index in [0.29, 0.717) is 63.8 Å². The van der Waals surface area contributed by atoms with Gasteiger partial charge in [-0.3, -0.25) is 14.4 Å². The van der Waals surface area contributed by atoms with Gasteiger partial charge in [0.1, 0.15) is 11.6 Å². The number of hydrogen-bond acceptors (Lipinski definition) is 3. The highest BCUT2D eigenvalue weighted by atomic mass is 19.1. The van der Waals surface area contributed by atoms with Crippen molar-refractivity contribution in [3.63, 3.8) is 0 Å². The van der Waals surface area contributed by atoms with Gasteiger partial charge in [-0.15, -0.1) is 0 Å². The molecule has 1 aliphatic heterocycles. The van der Waals surface area contributed by atoms with Crippen molar-refractivity contribution < 1.29 is 18.8 Å². The molecule has 2 aliphatic rings. The zero-order valence-electron chi connectivity index (χ0n) is 14.2. The topological polar surface area (TPSA) is 57.7 Å². The quantitative estimate of drug-likeness (QED) is 0.825. The van der Waals surface area contributed by atoms with Gasteiger partial charge in [-0.05, 0) is 37.5 Å². The van der Waals surface area contributed by atoms with Crippen LogP contribution in [0.2, 0.25) is 0 Å². The Balaban J connectivity index is 1.59. The predicted octanol–water partition coefficient (Wildman–Crippen LogP) is 2.26. The van der Waals surface area contributed by atoms with Crippen LogP contribution in [0.5, 0.6) is 0 Å². The zero-order valence-corrected chi connectivity index (χ0v) is 14.2. The van der Waals surface area contributed by atoms with Crippen molar-refractivity contribution in [1.29, 1.82) is 0 Å². The molecule has 5 nitrogen and oxygen atoms in total. The Labute approximate surface area is 146 Å². The fourth-order valence-corrected chi connectivity index (χ4v) is 3.59. The van der Waals surface area contributed by atoms with E-state index in [-0.39, 0.29) is 23.5 Å². The number of carbonyl (C=O) groups excluding carboxylic acids is 3. The van der Waals surface area contributed by atoms with Crippen LogP contribution >= 0.6 is 0 Å². The first kappa shape index (κ1) is 17.6. The number of hydrogen-bond donors (Lipinski definition) is 0. The van der Waals surface area contributed by atoms with E-state index < -0.39 is 5.82 Å². The number of carbonyl (C=O) groups is 3. The predicted molar refractivity (Wildman–Crippen MR) is 90.5 cm³/mol. The third-order valence-corrected chi connectivity index (χ3v) is 5.06. The molecule has 0 spiro atoms. The number of ketones is 1. The number of amides is 2. The summed E-state index contributed by atoms with van der Waals surface area (Å²) >= 11 is 0. The lowest BCUT2D eigenvalue weighted by Crippen LogP contribution is -2.41. The minimum Gasteiger partial charge on any atom is -0.341 e.